The van der Waals surface area contributed by atoms with Crippen LogP contribution in [0.3, 0.4) is 0 Å². The molecule has 25 heavy (non-hydrogen) atoms. The van der Waals surface area contributed by atoms with E-state index in [0.717, 1.165) is 6.07 Å². The van der Waals surface area contributed by atoms with Crippen LogP contribution in [-0.2, 0) is 10.1 Å². The van der Waals surface area contributed by atoms with Gasteiger partial charge in [-0.2, -0.15) is 8.42 Å². The van der Waals surface area contributed by atoms with Gasteiger partial charge in [-0.15, -0.1) is 0 Å². The van der Waals surface area contributed by atoms with Crippen LogP contribution in [0.25, 0.3) is 0 Å². The molecule has 0 saturated heterocycles. The van der Waals surface area contributed by atoms with E-state index in [0.29, 0.717) is 11.3 Å². The number of benzene rings is 2. The lowest BCUT2D eigenvalue weighted by Crippen LogP contribution is -2.12. The number of Topliss-reactive ketones (excluding diaryl/α,β-unsaturated/α-hetero) is 1. The molecule has 0 N–H and O–H groups in total. The molecular formula is C16H15NO7S. The van der Waals surface area contributed by atoms with Crippen LogP contribution in [0, 0.1) is 17.0 Å². The number of rotatable bonds is 6. The Hall–Kier alpha value is -2.94. The van der Waals surface area contributed by atoms with Crippen LogP contribution in [0.5, 0.6) is 11.5 Å². The second-order valence-electron chi connectivity index (χ2n) is 5.16. The van der Waals surface area contributed by atoms with Crippen molar-refractivity contribution in [3.63, 3.8) is 0 Å². The van der Waals surface area contributed by atoms with Crippen LogP contribution in [0.15, 0.2) is 41.3 Å². The third kappa shape index (κ3) is 3.94. The molecule has 0 fully saturated rings. The smallest absolute Gasteiger partial charge is 0.339 e. The van der Waals surface area contributed by atoms with E-state index in [9.17, 15) is 23.3 Å². The number of methoxy groups -OCH3 is 1. The average Bonchev–Trinajstić information content (AvgIpc) is 2.53. The van der Waals surface area contributed by atoms with Gasteiger partial charge in [0.2, 0.25) is 0 Å². The molecule has 0 aliphatic carbocycles. The predicted octanol–water partition coefficient (Wildman–Crippen LogP) is 2.88. The first-order valence-corrected chi connectivity index (χ1v) is 8.45. The van der Waals surface area contributed by atoms with Crippen LogP contribution >= 0.6 is 0 Å². The Morgan fingerprint density at radius 3 is 2.40 bits per heavy atom. The van der Waals surface area contributed by atoms with Crippen LogP contribution in [0.1, 0.15) is 22.8 Å². The second-order valence-corrected chi connectivity index (χ2v) is 6.71. The van der Waals surface area contributed by atoms with Crippen LogP contribution < -0.4 is 8.92 Å². The fourth-order valence-corrected chi connectivity index (χ4v) is 3.06. The Kier molecular flexibility index (Phi) is 5.07. The molecule has 0 amide bonds. The molecule has 132 valence electrons. The van der Waals surface area contributed by atoms with Gasteiger partial charge in [-0.05, 0) is 32.0 Å². The Labute approximate surface area is 144 Å². The van der Waals surface area contributed by atoms with Gasteiger partial charge in [0.1, 0.15) is 10.6 Å². The van der Waals surface area contributed by atoms with Crippen molar-refractivity contribution < 1.29 is 27.1 Å². The zero-order valence-electron chi connectivity index (χ0n) is 13.7. The number of ketones is 1. The minimum atomic E-state index is -4.38. The highest BCUT2D eigenvalue weighted by atomic mass is 32.2. The zero-order valence-corrected chi connectivity index (χ0v) is 14.5. The lowest BCUT2D eigenvalue weighted by Gasteiger charge is -2.11. The maximum atomic E-state index is 12.5. The summed E-state index contributed by atoms with van der Waals surface area (Å²) in [5, 5.41) is 11.0. The number of hydrogen-bond donors (Lipinski definition) is 0. The molecule has 0 saturated carbocycles. The number of carbonyl (C=O) groups is 1. The van der Waals surface area contributed by atoms with E-state index in [1.165, 1.54) is 51.3 Å². The number of nitro groups is 1. The molecule has 0 atom stereocenters. The molecule has 0 heterocycles. The third-order valence-electron chi connectivity index (χ3n) is 3.43. The van der Waals surface area contributed by atoms with E-state index in [1.54, 1.807) is 0 Å². The van der Waals surface area contributed by atoms with E-state index >= 15 is 0 Å². The fourth-order valence-electron chi connectivity index (χ4n) is 2.10. The van der Waals surface area contributed by atoms with Gasteiger partial charge in [-0.25, -0.2) is 0 Å². The van der Waals surface area contributed by atoms with E-state index < -0.39 is 20.8 Å². The van der Waals surface area contributed by atoms with Gasteiger partial charge in [0.05, 0.1) is 17.6 Å². The molecule has 0 bridgehead atoms. The molecule has 0 unspecified atom stereocenters. The zero-order chi connectivity index (χ0) is 18.8. The molecule has 2 aromatic rings. The van der Waals surface area contributed by atoms with E-state index in [2.05, 4.69) is 0 Å². The predicted molar refractivity (Wildman–Crippen MR) is 88.6 cm³/mol. The second kappa shape index (κ2) is 6.89. The number of nitro benzene ring substituents is 1. The first-order chi connectivity index (χ1) is 11.7. The normalized spacial score (nSPS) is 11.0. The monoisotopic (exact) mass is 365 g/mol. The number of aryl methyl sites for hydroxylation is 1. The summed E-state index contributed by atoms with van der Waals surface area (Å²) in [5.41, 5.74) is 0.0165. The van der Waals surface area contributed by atoms with Crippen molar-refractivity contribution in [2.24, 2.45) is 0 Å². The highest BCUT2D eigenvalue weighted by Crippen LogP contribution is 2.29. The number of ether oxygens (including phenoxy) is 1. The van der Waals surface area contributed by atoms with Gasteiger partial charge in [-0.1, -0.05) is 6.07 Å². The molecule has 9 heteroatoms. The minimum Gasteiger partial charge on any atom is -0.497 e. The summed E-state index contributed by atoms with van der Waals surface area (Å²) < 4.78 is 35.0. The van der Waals surface area contributed by atoms with Gasteiger partial charge >= 0.3 is 10.1 Å². The molecule has 0 aromatic heterocycles. The maximum absolute atomic E-state index is 12.5. The minimum absolute atomic E-state index is 0.0472. The summed E-state index contributed by atoms with van der Waals surface area (Å²) in [6.07, 6.45) is 0. The van der Waals surface area contributed by atoms with Crippen LogP contribution in [0.4, 0.5) is 5.69 Å². The summed E-state index contributed by atoms with van der Waals surface area (Å²) in [7, 11) is -3.00. The average molecular weight is 365 g/mol. The summed E-state index contributed by atoms with van der Waals surface area (Å²) in [5.74, 6) is -0.317. The van der Waals surface area contributed by atoms with Crippen molar-refractivity contribution in [3.8, 4) is 11.5 Å². The lowest BCUT2D eigenvalue weighted by atomic mass is 10.1. The quantitative estimate of drug-likeness (QED) is 0.335. The largest absolute Gasteiger partial charge is 0.497 e. The van der Waals surface area contributed by atoms with Crippen LogP contribution in [-0.4, -0.2) is 26.2 Å². The van der Waals surface area contributed by atoms with Crippen molar-refractivity contribution in [2.45, 2.75) is 18.7 Å². The Balaban J connectivity index is 2.51. The first kappa shape index (κ1) is 18.4. The molecule has 8 nitrogen and oxygen atoms in total. The van der Waals surface area contributed by atoms with Crippen molar-refractivity contribution in [3.05, 3.63) is 57.6 Å². The number of carbonyl (C=O) groups excluding carboxylic acids is 1. The highest BCUT2D eigenvalue weighted by Gasteiger charge is 2.24. The van der Waals surface area contributed by atoms with Crippen molar-refractivity contribution in [2.75, 3.05) is 7.11 Å². The van der Waals surface area contributed by atoms with Crippen LogP contribution in [0.2, 0.25) is 0 Å². The summed E-state index contributed by atoms with van der Waals surface area (Å²) in [6.45, 7) is 2.75. The maximum Gasteiger partial charge on any atom is 0.339 e. The Bertz CT molecular complexity index is 951. The fraction of sp³-hybridized carbons (Fsp3) is 0.188. The Morgan fingerprint density at radius 2 is 1.84 bits per heavy atom. The SMILES string of the molecule is COc1ccc(C(C)=O)c(OS(=O)(=O)c2ccc(C)c([N+](=O)[O-])c2)c1. The van der Waals surface area contributed by atoms with E-state index in [-0.39, 0.29) is 21.9 Å². The number of hydrogen-bond acceptors (Lipinski definition) is 7. The molecule has 2 rings (SSSR count). The van der Waals surface area contributed by atoms with Gasteiger partial charge < -0.3 is 8.92 Å². The topological polar surface area (TPSA) is 113 Å². The summed E-state index contributed by atoms with van der Waals surface area (Å²) in [4.78, 5) is 21.6. The molecule has 0 aliphatic heterocycles. The third-order valence-corrected chi connectivity index (χ3v) is 4.66. The van der Waals surface area contributed by atoms with Crippen molar-refractivity contribution >= 4 is 21.6 Å². The van der Waals surface area contributed by atoms with Crippen molar-refractivity contribution in [1.82, 2.24) is 0 Å². The molecule has 0 radical (unpaired) electrons. The molecule has 0 spiro atoms. The summed E-state index contributed by atoms with van der Waals surface area (Å²) >= 11 is 0. The molecule has 2 aromatic carbocycles. The summed E-state index contributed by atoms with van der Waals surface area (Å²) in [6, 6.07) is 7.56. The van der Waals surface area contributed by atoms with Gasteiger partial charge in [-0.3, -0.25) is 14.9 Å². The van der Waals surface area contributed by atoms with E-state index in [1.807, 2.05) is 0 Å². The van der Waals surface area contributed by atoms with Gasteiger partial charge in [0.15, 0.2) is 11.5 Å². The number of nitrogens with zero attached hydrogens (tertiary/aromatic N) is 1. The van der Waals surface area contributed by atoms with Gasteiger partial charge in [0, 0.05) is 17.7 Å². The van der Waals surface area contributed by atoms with Crippen molar-refractivity contribution in [1.29, 1.82) is 0 Å². The molecular weight excluding hydrogens is 350 g/mol. The first-order valence-electron chi connectivity index (χ1n) is 7.04. The van der Waals surface area contributed by atoms with E-state index in [4.69, 9.17) is 8.92 Å². The molecule has 0 aliphatic rings. The highest BCUT2D eigenvalue weighted by molar-refractivity contribution is 7.87. The Morgan fingerprint density at radius 1 is 1.16 bits per heavy atom. The standard InChI is InChI=1S/C16H15NO7S/c1-10-4-6-13(9-15(10)17(19)20)25(21,22)24-16-8-12(23-3)5-7-14(16)11(2)18/h4-9H,1-3H3. The van der Waals surface area contributed by atoms with Gasteiger partial charge in [0.25, 0.3) is 5.69 Å². The lowest BCUT2D eigenvalue weighted by molar-refractivity contribution is -0.385.